The lowest BCUT2D eigenvalue weighted by Gasteiger charge is -2.10. The first-order valence-electron chi connectivity index (χ1n) is 7.58. The van der Waals surface area contributed by atoms with E-state index in [-0.39, 0.29) is 18.1 Å². The van der Waals surface area contributed by atoms with Gasteiger partial charge in [-0.15, -0.1) is 0 Å². The zero-order valence-electron chi connectivity index (χ0n) is 13.5. The van der Waals surface area contributed by atoms with Gasteiger partial charge in [-0.25, -0.2) is 0 Å². The maximum Gasteiger partial charge on any atom is 0.224 e. The molecule has 0 atom stereocenters. The number of hydrogen-bond acceptors (Lipinski definition) is 3. The molecule has 0 saturated heterocycles. The van der Waals surface area contributed by atoms with Crippen LogP contribution in [0.15, 0.2) is 48.5 Å². The molecule has 2 aromatic carbocycles. The van der Waals surface area contributed by atoms with E-state index in [0.717, 1.165) is 12.0 Å². The van der Waals surface area contributed by atoms with Gasteiger partial charge in [0.15, 0.2) is 5.78 Å². The Balaban J connectivity index is 1.94. The highest BCUT2D eigenvalue weighted by molar-refractivity contribution is 5.94. The van der Waals surface area contributed by atoms with E-state index in [2.05, 4.69) is 5.32 Å². The Morgan fingerprint density at radius 3 is 2.48 bits per heavy atom. The van der Waals surface area contributed by atoms with Crippen LogP contribution >= 0.6 is 0 Å². The summed E-state index contributed by atoms with van der Waals surface area (Å²) >= 11 is 0. The van der Waals surface area contributed by atoms with Gasteiger partial charge >= 0.3 is 0 Å². The molecular formula is C19H21NO3. The molecule has 0 spiro atoms. The normalized spacial score (nSPS) is 10.2. The summed E-state index contributed by atoms with van der Waals surface area (Å²) in [5.41, 5.74) is 2.49. The first kappa shape index (κ1) is 16.7. The molecule has 0 saturated carbocycles. The number of ketones is 1. The van der Waals surface area contributed by atoms with Crippen LogP contribution in [-0.2, 0) is 17.6 Å². The molecule has 1 N–H and O–H groups in total. The van der Waals surface area contributed by atoms with E-state index in [1.165, 1.54) is 12.5 Å². The van der Waals surface area contributed by atoms with E-state index < -0.39 is 0 Å². The van der Waals surface area contributed by atoms with Gasteiger partial charge in [-0.2, -0.15) is 0 Å². The summed E-state index contributed by atoms with van der Waals surface area (Å²) in [7, 11) is 1.56. The van der Waals surface area contributed by atoms with Gasteiger partial charge in [-0.3, -0.25) is 9.59 Å². The maximum atomic E-state index is 12.1. The lowest BCUT2D eigenvalue weighted by molar-refractivity contribution is -0.120. The van der Waals surface area contributed by atoms with Crippen molar-refractivity contribution in [2.24, 2.45) is 0 Å². The quantitative estimate of drug-likeness (QED) is 0.800. The Morgan fingerprint density at radius 1 is 1.09 bits per heavy atom. The Kier molecular flexibility index (Phi) is 5.92. The largest absolute Gasteiger partial charge is 0.496 e. The molecule has 4 nitrogen and oxygen atoms in total. The minimum atomic E-state index is -0.0834. The van der Waals surface area contributed by atoms with Crippen molar-refractivity contribution in [3.63, 3.8) is 0 Å². The minimum Gasteiger partial charge on any atom is -0.496 e. The first-order valence-corrected chi connectivity index (χ1v) is 7.58. The van der Waals surface area contributed by atoms with Crippen LogP contribution in [-0.4, -0.2) is 25.3 Å². The SMILES string of the molecule is COc1ccc(C(C)=O)cc1CC(=O)NCCc1ccccc1. The molecule has 0 aliphatic heterocycles. The number of carbonyl (C=O) groups is 2. The highest BCUT2D eigenvalue weighted by Gasteiger charge is 2.11. The Morgan fingerprint density at radius 2 is 1.83 bits per heavy atom. The lowest BCUT2D eigenvalue weighted by Crippen LogP contribution is -2.27. The van der Waals surface area contributed by atoms with Gasteiger partial charge in [0.05, 0.1) is 13.5 Å². The first-order chi connectivity index (χ1) is 11.1. The van der Waals surface area contributed by atoms with Crippen molar-refractivity contribution in [1.82, 2.24) is 5.32 Å². The van der Waals surface area contributed by atoms with Crippen molar-refractivity contribution in [1.29, 1.82) is 0 Å². The number of nitrogens with one attached hydrogen (secondary N) is 1. The molecule has 1 amide bonds. The minimum absolute atomic E-state index is 0.0293. The standard InChI is InChI=1S/C19H21NO3/c1-14(21)16-8-9-18(23-2)17(12-16)13-19(22)20-11-10-15-6-4-3-5-7-15/h3-9,12H,10-11,13H2,1-2H3,(H,20,22). The summed E-state index contributed by atoms with van der Waals surface area (Å²) in [6, 6.07) is 15.1. The molecule has 0 aromatic heterocycles. The number of methoxy groups -OCH3 is 1. The summed E-state index contributed by atoms with van der Waals surface area (Å²) in [5, 5.41) is 2.90. The van der Waals surface area contributed by atoms with Crippen molar-refractivity contribution in [2.45, 2.75) is 19.8 Å². The molecule has 0 heterocycles. The van der Waals surface area contributed by atoms with Gasteiger partial charge in [-0.1, -0.05) is 30.3 Å². The fraction of sp³-hybridized carbons (Fsp3) is 0.263. The highest BCUT2D eigenvalue weighted by Crippen LogP contribution is 2.20. The van der Waals surface area contributed by atoms with Crippen molar-refractivity contribution < 1.29 is 14.3 Å². The van der Waals surface area contributed by atoms with Crippen molar-refractivity contribution in [3.8, 4) is 5.75 Å². The molecule has 2 aromatic rings. The van der Waals surface area contributed by atoms with Crippen LogP contribution in [0.2, 0.25) is 0 Å². The second-order valence-electron chi connectivity index (χ2n) is 5.35. The fourth-order valence-corrected chi connectivity index (χ4v) is 2.36. The molecule has 0 aliphatic rings. The van der Waals surface area contributed by atoms with Crippen molar-refractivity contribution >= 4 is 11.7 Å². The van der Waals surface area contributed by atoms with Crippen LogP contribution in [0.5, 0.6) is 5.75 Å². The molecule has 4 heteroatoms. The van der Waals surface area contributed by atoms with Crippen LogP contribution < -0.4 is 10.1 Å². The molecule has 0 radical (unpaired) electrons. The second-order valence-corrected chi connectivity index (χ2v) is 5.35. The number of benzene rings is 2. The summed E-state index contributed by atoms with van der Waals surface area (Å²) in [4.78, 5) is 23.6. The number of hydrogen-bond donors (Lipinski definition) is 1. The van der Waals surface area contributed by atoms with Crippen molar-refractivity contribution in [3.05, 3.63) is 65.2 Å². The number of carbonyl (C=O) groups excluding carboxylic acids is 2. The Labute approximate surface area is 136 Å². The van der Waals surface area contributed by atoms with Gasteiger partial charge < -0.3 is 10.1 Å². The lowest BCUT2D eigenvalue weighted by atomic mass is 10.0. The summed E-state index contributed by atoms with van der Waals surface area (Å²) in [6.07, 6.45) is 0.982. The van der Waals surface area contributed by atoms with E-state index in [1.54, 1.807) is 25.3 Å². The van der Waals surface area contributed by atoms with Gasteiger partial charge in [0, 0.05) is 17.7 Å². The molecule has 0 aliphatic carbocycles. The monoisotopic (exact) mass is 311 g/mol. The molecule has 0 bridgehead atoms. The molecule has 23 heavy (non-hydrogen) atoms. The topological polar surface area (TPSA) is 55.4 Å². The summed E-state index contributed by atoms with van der Waals surface area (Å²) in [6.45, 7) is 2.09. The predicted molar refractivity (Wildman–Crippen MR) is 89.9 cm³/mol. The molecule has 120 valence electrons. The van der Waals surface area contributed by atoms with E-state index in [0.29, 0.717) is 17.9 Å². The number of ether oxygens (including phenoxy) is 1. The third-order valence-corrected chi connectivity index (χ3v) is 3.62. The molecule has 2 rings (SSSR count). The summed E-state index contributed by atoms with van der Waals surface area (Å²) in [5.74, 6) is 0.506. The van der Waals surface area contributed by atoms with E-state index >= 15 is 0 Å². The Bertz CT molecular complexity index is 680. The third-order valence-electron chi connectivity index (χ3n) is 3.62. The van der Waals surface area contributed by atoms with Crippen LogP contribution in [0.1, 0.15) is 28.4 Å². The molecular weight excluding hydrogens is 290 g/mol. The van der Waals surface area contributed by atoms with Crippen LogP contribution in [0.25, 0.3) is 0 Å². The van der Waals surface area contributed by atoms with Crippen LogP contribution in [0.4, 0.5) is 0 Å². The maximum absolute atomic E-state index is 12.1. The molecule has 0 fully saturated rings. The molecule has 0 unspecified atom stereocenters. The second kappa shape index (κ2) is 8.13. The smallest absolute Gasteiger partial charge is 0.224 e. The third kappa shape index (κ3) is 4.95. The number of rotatable bonds is 7. The van der Waals surface area contributed by atoms with Crippen molar-refractivity contribution in [2.75, 3.05) is 13.7 Å². The van der Waals surface area contributed by atoms with Crippen LogP contribution in [0, 0.1) is 0 Å². The van der Waals surface area contributed by atoms with Gasteiger partial charge in [0.1, 0.15) is 5.75 Å². The zero-order chi connectivity index (χ0) is 16.7. The fourth-order valence-electron chi connectivity index (χ4n) is 2.36. The zero-order valence-corrected chi connectivity index (χ0v) is 13.5. The number of Topliss-reactive ketones (excluding diaryl/α,β-unsaturated/α-hetero) is 1. The van der Waals surface area contributed by atoms with E-state index in [4.69, 9.17) is 4.74 Å². The number of amides is 1. The van der Waals surface area contributed by atoms with Gasteiger partial charge in [0.2, 0.25) is 5.91 Å². The predicted octanol–water partition coefficient (Wildman–Crippen LogP) is 2.80. The van der Waals surface area contributed by atoms with Crippen LogP contribution in [0.3, 0.4) is 0 Å². The van der Waals surface area contributed by atoms with Gasteiger partial charge in [0.25, 0.3) is 0 Å². The van der Waals surface area contributed by atoms with E-state index in [1.807, 2.05) is 30.3 Å². The van der Waals surface area contributed by atoms with Gasteiger partial charge in [-0.05, 0) is 37.1 Å². The van der Waals surface area contributed by atoms with E-state index in [9.17, 15) is 9.59 Å². The highest BCUT2D eigenvalue weighted by atomic mass is 16.5. The summed E-state index contributed by atoms with van der Waals surface area (Å²) < 4.78 is 5.26. The average molecular weight is 311 g/mol. The average Bonchev–Trinajstić information content (AvgIpc) is 2.55. The Hall–Kier alpha value is -2.62.